The Bertz CT molecular complexity index is 178. The third-order valence-electron chi connectivity index (χ3n) is 0.983. The van der Waals surface area contributed by atoms with Crippen LogP contribution in [0.2, 0.25) is 0 Å². The summed E-state index contributed by atoms with van der Waals surface area (Å²) in [5, 5.41) is 6.69. The van der Waals surface area contributed by atoms with Crippen molar-refractivity contribution in [1.82, 2.24) is 0 Å². The lowest BCUT2D eigenvalue weighted by atomic mass is 10.2. The van der Waals surface area contributed by atoms with Crippen LogP contribution in [0.5, 0.6) is 0 Å². The topological polar surface area (TPSA) is 63.6 Å². The van der Waals surface area contributed by atoms with Gasteiger partial charge in [0.05, 0.1) is 6.61 Å². The quantitative estimate of drug-likeness (QED) is 0.410. The molecule has 1 atom stereocenters. The van der Waals surface area contributed by atoms with Gasteiger partial charge in [0.15, 0.2) is 0 Å². The lowest BCUT2D eigenvalue weighted by Gasteiger charge is -2.07. The predicted molar refractivity (Wildman–Crippen MR) is 43.1 cm³/mol. The number of alkyl halides is 1. The summed E-state index contributed by atoms with van der Waals surface area (Å²) in [7, 11) is 0. The number of carbonyl (C=O) groups is 2. The average Bonchev–Trinajstić information content (AvgIpc) is 1.98. The van der Waals surface area contributed by atoms with Crippen molar-refractivity contribution in [1.29, 1.82) is 0 Å². The molecule has 0 saturated carbocycles. The molecule has 0 aromatic rings. The third-order valence-corrected chi connectivity index (χ3v) is 1.35. The van der Waals surface area contributed by atoms with Gasteiger partial charge in [0.25, 0.3) is 0 Å². The van der Waals surface area contributed by atoms with E-state index >= 15 is 0 Å². The van der Waals surface area contributed by atoms with E-state index in [4.69, 9.17) is 16.7 Å². The molecule has 0 bridgehead atoms. The molecule has 0 amide bonds. The highest BCUT2D eigenvalue weighted by Crippen LogP contribution is 2.01. The van der Waals surface area contributed by atoms with Crippen LogP contribution in [-0.4, -0.2) is 29.0 Å². The number of hydrogen-bond donors (Lipinski definition) is 1. The molecule has 5 heteroatoms. The highest BCUT2D eigenvalue weighted by molar-refractivity contribution is 6.39. The molecule has 0 aliphatic heterocycles. The standard InChI is InChI=1S/C7H11ClO4/c1-4(2)3-12-7(11)5(8)6(9)10/h4-5H,3H2,1-2H3,(H,9,10). The first-order chi connectivity index (χ1) is 5.45. The Hall–Kier alpha value is -0.770. The number of carbonyl (C=O) groups excluding carboxylic acids is 1. The minimum Gasteiger partial charge on any atom is -0.480 e. The van der Waals surface area contributed by atoms with E-state index in [-0.39, 0.29) is 12.5 Å². The number of rotatable bonds is 4. The third kappa shape index (κ3) is 4.18. The minimum absolute atomic E-state index is 0.173. The fourth-order valence-corrected chi connectivity index (χ4v) is 0.486. The molecule has 0 aromatic carbocycles. The molecule has 0 aromatic heterocycles. The molecule has 0 heterocycles. The SMILES string of the molecule is CC(C)COC(=O)C(Cl)C(=O)O. The van der Waals surface area contributed by atoms with Gasteiger partial charge in [-0.3, -0.25) is 0 Å². The summed E-state index contributed by atoms with van der Waals surface area (Å²) in [6.45, 7) is 3.88. The van der Waals surface area contributed by atoms with E-state index in [0.29, 0.717) is 0 Å². The van der Waals surface area contributed by atoms with Crippen molar-refractivity contribution in [2.24, 2.45) is 5.92 Å². The number of halogens is 1. The number of hydrogen-bond acceptors (Lipinski definition) is 3. The molecular weight excluding hydrogens is 184 g/mol. The first-order valence-electron chi connectivity index (χ1n) is 3.48. The van der Waals surface area contributed by atoms with Gasteiger partial charge in [-0.25, -0.2) is 9.59 Å². The predicted octanol–water partition coefficient (Wildman–Crippen LogP) is 0.878. The fraction of sp³-hybridized carbons (Fsp3) is 0.714. The van der Waals surface area contributed by atoms with Gasteiger partial charge in [-0.15, -0.1) is 0 Å². The molecule has 70 valence electrons. The van der Waals surface area contributed by atoms with Gasteiger partial charge in [0.1, 0.15) is 0 Å². The van der Waals surface area contributed by atoms with E-state index in [1.165, 1.54) is 0 Å². The Kier molecular flexibility index (Phi) is 4.66. The average molecular weight is 195 g/mol. The Labute approximate surface area is 75.5 Å². The second-order valence-electron chi connectivity index (χ2n) is 2.72. The lowest BCUT2D eigenvalue weighted by molar-refractivity contribution is -0.151. The largest absolute Gasteiger partial charge is 0.480 e. The normalized spacial score (nSPS) is 12.7. The van der Waals surface area contributed by atoms with Crippen LogP contribution >= 0.6 is 11.6 Å². The van der Waals surface area contributed by atoms with E-state index < -0.39 is 17.3 Å². The van der Waals surface area contributed by atoms with Crippen LogP contribution < -0.4 is 0 Å². The maximum Gasteiger partial charge on any atom is 0.335 e. The van der Waals surface area contributed by atoms with E-state index in [0.717, 1.165) is 0 Å². The van der Waals surface area contributed by atoms with Gasteiger partial charge >= 0.3 is 11.9 Å². The zero-order valence-corrected chi connectivity index (χ0v) is 7.67. The fourth-order valence-electron chi connectivity index (χ4n) is 0.423. The van der Waals surface area contributed by atoms with Crippen molar-refractivity contribution in [2.45, 2.75) is 19.2 Å². The highest BCUT2D eigenvalue weighted by atomic mass is 35.5. The second-order valence-corrected chi connectivity index (χ2v) is 3.16. The van der Waals surface area contributed by atoms with E-state index in [1.807, 2.05) is 13.8 Å². The summed E-state index contributed by atoms with van der Waals surface area (Å²) in [6, 6.07) is 0. The van der Waals surface area contributed by atoms with Crippen molar-refractivity contribution < 1.29 is 19.4 Å². The number of esters is 1. The first-order valence-corrected chi connectivity index (χ1v) is 3.92. The van der Waals surface area contributed by atoms with Crippen LogP contribution in [0.15, 0.2) is 0 Å². The molecular formula is C7H11ClO4. The summed E-state index contributed by atoms with van der Waals surface area (Å²) in [5.74, 6) is -2.12. The molecule has 0 spiro atoms. The second kappa shape index (κ2) is 4.98. The molecule has 0 rings (SSSR count). The summed E-state index contributed by atoms with van der Waals surface area (Å²) >= 11 is 5.18. The Morgan fingerprint density at radius 2 is 2.00 bits per heavy atom. The molecule has 12 heavy (non-hydrogen) atoms. The van der Waals surface area contributed by atoms with Crippen molar-refractivity contribution in [3.05, 3.63) is 0 Å². The van der Waals surface area contributed by atoms with E-state index in [1.54, 1.807) is 0 Å². The van der Waals surface area contributed by atoms with Crippen molar-refractivity contribution >= 4 is 23.5 Å². The van der Waals surface area contributed by atoms with Crippen LogP contribution in [0.25, 0.3) is 0 Å². The summed E-state index contributed by atoms with van der Waals surface area (Å²) < 4.78 is 4.57. The Morgan fingerprint density at radius 1 is 1.50 bits per heavy atom. The number of carboxylic acids is 1. The Morgan fingerprint density at radius 3 is 2.33 bits per heavy atom. The lowest BCUT2D eigenvalue weighted by Crippen LogP contribution is -2.27. The van der Waals surface area contributed by atoms with Crippen molar-refractivity contribution in [3.63, 3.8) is 0 Å². The van der Waals surface area contributed by atoms with Gasteiger partial charge in [-0.2, -0.15) is 0 Å². The summed E-state index contributed by atoms with van der Waals surface area (Å²) in [4.78, 5) is 20.9. The molecule has 1 unspecified atom stereocenters. The number of carboxylic acid groups (broad SMARTS) is 1. The minimum atomic E-state index is -1.59. The van der Waals surface area contributed by atoms with Crippen LogP contribution in [0.1, 0.15) is 13.8 Å². The molecule has 1 N–H and O–H groups in total. The summed E-state index contributed by atoms with van der Waals surface area (Å²) in [5.41, 5.74) is 0. The zero-order chi connectivity index (χ0) is 9.72. The monoisotopic (exact) mass is 194 g/mol. The van der Waals surface area contributed by atoms with Crippen LogP contribution in [0.4, 0.5) is 0 Å². The van der Waals surface area contributed by atoms with Crippen LogP contribution in [-0.2, 0) is 14.3 Å². The van der Waals surface area contributed by atoms with Gasteiger partial charge in [-0.1, -0.05) is 25.4 Å². The van der Waals surface area contributed by atoms with Gasteiger partial charge in [0, 0.05) is 0 Å². The maximum absolute atomic E-state index is 10.8. The molecule has 0 fully saturated rings. The highest BCUT2D eigenvalue weighted by Gasteiger charge is 2.24. The first kappa shape index (κ1) is 11.2. The summed E-state index contributed by atoms with van der Waals surface area (Å²) in [6.07, 6.45) is 0. The van der Waals surface area contributed by atoms with E-state index in [9.17, 15) is 9.59 Å². The Balaban J connectivity index is 3.80. The van der Waals surface area contributed by atoms with Crippen LogP contribution in [0, 0.1) is 5.92 Å². The van der Waals surface area contributed by atoms with Crippen LogP contribution in [0.3, 0.4) is 0 Å². The molecule has 4 nitrogen and oxygen atoms in total. The van der Waals surface area contributed by atoms with Gasteiger partial charge in [0.2, 0.25) is 5.38 Å². The smallest absolute Gasteiger partial charge is 0.335 e. The molecule has 0 aliphatic carbocycles. The van der Waals surface area contributed by atoms with Gasteiger partial charge < -0.3 is 9.84 Å². The number of aliphatic carboxylic acids is 1. The van der Waals surface area contributed by atoms with E-state index in [2.05, 4.69) is 4.74 Å². The van der Waals surface area contributed by atoms with Gasteiger partial charge in [-0.05, 0) is 5.92 Å². The zero-order valence-electron chi connectivity index (χ0n) is 6.91. The van der Waals surface area contributed by atoms with Crippen molar-refractivity contribution in [2.75, 3.05) is 6.61 Å². The molecule has 0 saturated heterocycles. The maximum atomic E-state index is 10.8. The molecule has 0 radical (unpaired) electrons. The number of ether oxygens (including phenoxy) is 1. The van der Waals surface area contributed by atoms with Crippen molar-refractivity contribution in [3.8, 4) is 0 Å². The molecule has 0 aliphatic rings.